The summed E-state index contributed by atoms with van der Waals surface area (Å²) in [6, 6.07) is 14.4. The molecule has 1 amide bonds. The molecule has 0 atom stereocenters. The lowest BCUT2D eigenvalue weighted by molar-refractivity contribution is -0.126. The Morgan fingerprint density at radius 1 is 1.14 bits per heavy atom. The molecule has 29 heavy (non-hydrogen) atoms. The van der Waals surface area contributed by atoms with Gasteiger partial charge in [-0.2, -0.15) is 0 Å². The van der Waals surface area contributed by atoms with Gasteiger partial charge in [0, 0.05) is 23.7 Å². The maximum Gasteiger partial charge on any atom is 0.246 e. The van der Waals surface area contributed by atoms with Crippen molar-refractivity contribution in [2.24, 2.45) is 0 Å². The Morgan fingerprint density at radius 2 is 1.86 bits per heavy atom. The number of rotatable bonds is 4. The predicted molar refractivity (Wildman–Crippen MR) is 111 cm³/mol. The predicted octanol–water partition coefficient (Wildman–Crippen LogP) is 5.20. The minimum atomic E-state index is -0.287. The van der Waals surface area contributed by atoms with Gasteiger partial charge in [-0.15, -0.1) is 0 Å². The van der Waals surface area contributed by atoms with Gasteiger partial charge in [0.15, 0.2) is 5.76 Å². The molecule has 0 unspecified atom stereocenters. The Hall–Kier alpha value is -3.21. The van der Waals surface area contributed by atoms with E-state index in [1.807, 2.05) is 18.2 Å². The lowest BCUT2D eigenvalue weighted by Crippen LogP contribution is -2.34. The highest BCUT2D eigenvalue weighted by Gasteiger charge is 2.26. The van der Waals surface area contributed by atoms with Crippen molar-refractivity contribution in [3.05, 3.63) is 82.8 Å². The molecule has 148 valence electrons. The zero-order chi connectivity index (χ0) is 20.4. The molecule has 4 nitrogen and oxygen atoms in total. The van der Waals surface area contributed by atoms with E-state index in [1.165, 1.54) is 17.7 Å². The summed E-state index contributed by atoms with van der Waals surface area (Å²) in [5, 5.41) is 4.15. The molecule has 2 heterocycles. The smallest absolute Gasteiger partial charge is 0.246 e. The van der Waals surface area contributed by atoms with Crippen LogP contribution in [0.25, 0.3) is 17.4 Å². The van der Waals surface area contributed by atoms with Crippen LogP contribution >= 0.6 is 0 Å². The van der Waals surface area contributed by atoms with E-state index >= 15 is 0 Å². The summed E-state index contributed by atoms with van der Waals surface area (Å²) in [7, 11) is 0. The Kier molecular flexibility index (Phi) is 5.30. The molecule has 2 aromatic carbocycles. The molecule has 0 N–H and O–H groups in total. The van der Waals surface area contributed by atoms with E-state index in [4.69, 9.17) is 4.52 Å². The lowest BCUT2D eigenvalue weighted by Gasteiger charge is -2.24. The quantitative estimate of drug-likeness (QED) is 0.575. The van der Waals surface area contributed by atoms with Crippen molar-refractivity contribution in [3.8, 4) is 11.3 Å². The SMILES string of the molecule is CC(C)c1ccc(/C=C/C(=O)N2CCc3c(noc3-c3ccc(F)cc3)C2)cc1. The van der Waals surface area contributed by atoms with Gasteiger partial charge in [-0.3, -0.25) is 4.79 Å². The largest absolute Gasteiger partial charge is 0.356 e. The molecular formula is C24H23FN2O2. The summed E-state index contributed by atoms with van der Waals surface area (Å²) in [5.74, 6) is 0.812. The average Bonchev–Trinajstić information content (AvgIpc) is 3.16. The van der Waals surface area contributed by atoms with E-state index in [1.54, 1.807) is 23.1 Å². The molecule has 3 aromatic rings. The van der Waals surface area contributed by atoms with Crippen LogP contribution in [-0.4, -0.2) is 22.5 Å². The van der Waals surface area contributed by atoms with E-state index in [0.29, 0.717) is 31.2 Å². The fourth-order valence-electron chi connectivity index (χ4n) is 3.51. The van der Waals surface area contributed by atoms with Crippen molar-refractivity contribution in [1.82, 2.24) is 10.1 Å². The Labute approximate surface area is 169 Å². The van der Waals surface area contributed by atoms with Gasteiger partial charge in [0.1, 0.15) is 11.5 Å². The van der Waals surface area contributed by atoms with Gasteiger partial charge in [0.05, 0.1) is 6.54 Å². The zero-order valence-electron chi connectivity index (χ0n) is 16.6. The standard InChI is InChI=1S/C24H23FN2O2/c1-16(2)18-6-3-17(4-7-18)5-12-23(28)27-14-13-21-22(15-27)26-29-24(21)19-8-10-20(25)11-9-19/h3-12,16H,13-15H2,1-2H3/b12-5+. The molecule has 0 bridgehead atoms. The van der Waals surface area contributed by atoms with Crippen LogP contribution in [-0.2, 0) is 17.8 Å². The van der Waals surface area contributed by atoms with Crippen LogP contribution in [0.1, 0.15) is 42.1 Å². The summed E-state index contributed by atoms with van der Waals surface area (Å²) in [4.78, 5) is 14.4. The first-order valence-electron chi connectivity index (χ1n) is 9.81. The highest BCUT2D eigenvalue weighted by atomic mass is 19.1. The van der Waals surface area contributed by atoms with Crippen molar-refractivity contribution in [1.29, 1.82) is 0 Å². The van der Waals surface area contributed by atoms with Crippen molar-refractivity contribution < 1.29 is 13.7 Å². The number of nitrogens with zero attached hydrogens (tertiary/aromatic N) is 2. The zero-order valence-corrected chi connectivity index (χ0v) is 16.6. The highest BCUT2D eigenvalue weighted by molar-refractivity contribution is 5.92. The second-order valence-corrected chi connectivity index (χ2v) is 7.61. The van der Waals surface area contributed by atoms with Gasteiger partial charge in [-0.05, 0) is 53.8 Å². The van der Waals surface area contributed by atoms with Gasteiger partial charge in [-0.25, -0.2) is 4.39 Å². The fourth-order valence-corrected chi connectivity index (χ4v) is 3.51. The van der Waals surface area contributed by atoms with Crippen molar-refractivity contribution >= 4 is 12.0 Å². The fraction of sp³-hybridized carbons (Fsp3) is 0.250. The van der Waals surface area contributed by atoms with Gasteiger partial charge >= 0.3 is 0 Å². The number of benzene rings is 2. The third-order valence-corrected chi connectivity index (χ3v) is 5.28. The molecule has 0 saturated carbocycles. The average molecular weight is 390 g/mol. The topological polar surface area (TPSA) is 46.3 Å². The number of hydrogen-bond acceptors (Lipinski definition) is 3. The van der Waals surface area contributed by atoms with Crippen LogP contribution in [0.5, 0.6) is 0 Å². The molecular weight excluding hydrogens is 367 g/mol. The summed E-state index contributed by atoms with van der Waals surface area (Å²) < 4.78 is 18.7. The first-order valence-corrected chi connectivity index (χ1v) is 9.81. The molecule has 0 spiro atoms. The molecule has 1 aliphatic rings. The van der Waals surface area contributed by atoms with Crippen molar-refractivity contribution in [2.75, 3.05) is 6.54 Å². The number of aromatic nitrogens is 1. The number of hydrogen-bond donors (Lipinski definition) is 0. The number of fused-ring (bicyclic) bond motifs is 1. The van der Waals surface area contributed by atoms with E-state index in [9.17, 15) is 9.18 Å². The Bertz CT molecular complexity index is 1030. The molecule has 0 saturated heterocycles. The molecule has 4 rings (SSSR count). The summed E-state index contributed by atoms with van der Waals surface area (Å²) >= 11 is 0. The minimum absolute atomic E-state index is 0.0464. The van der Waals surface area contributed by atoms with Crippen LogP contribution in [0.15, 0.2) is 59.1 Å². The highest BCUT2D eigenvalue weighted by Crippen LogP contribution is 2.30. The minimum Gasteiger partial charge on any atom is -0.356 e. The monoisotopic (exact) mass is 390 g/mol. The van der Waals surface area contributed by atoms with Crippen molar-refractivity contribution in [3.63, 3.8) is 0 Å². The number of amides is 1. The molecule has 0 aliphatic carbocycles. The molecule has 5 heteroatoms. The maximum absolute atomic E-state index is 13.2. The third kappa shape index (κ3) is 4.14. The number of carbonyl (C=O) groups excluding carboxylic acids is 1. The first kappa shape index (κ1) is 19.1. The second kappa shape index (κ2) is 8.03. The van der Waals surface area contributed by atoms with E-state index in [2.05, 4.69) is 31.1 Å². The van der Waals surface area contributed by atoms with Crippen LogP contribution in [0, 0.1) is 5.82 Å². The van der Waals surface area contributed by atoms with Gasteiger partial charge in [0.2, 0.25) is 5.91 Å². The molecule has 1 aromatic heterocycles. The third-order valence-electron chi connectivity index (χ3n) is 5.28. The van der Waals surface area contributed by atoms with E-state index < -0.39 is 0 Å². The normalized spacial score (nSPS) is 13.9. The van der Waals surface area contributed by atoms with E-state index in [0.717, 1.165) is 22.4 Å². The molecule has 1 aliphatic heterocycles. The molecule has 0 fully saturated rings. The first-order chi connectivity index (χ1) is 14.0. The maximum atomic E-state index is 13.2. The Balaban J connectivity index is 1.44. The lowest BCUT2D eigenvalue weighted by atomic mass is 10.0. The van der Waals surface area contributed by atoms with Crippen LogP contribution in [0.4, 0.5) is 4.39 Å². The summed E-state index contributed by atoms with van der Waals surface area (Å²) in [5.41, 5.74) is 4.83. The summed E-state index contributed by atoms with van der Waals surface area (Å²) in [6.45, 7) is 5.32. The summed E-state index contributed by atoms with van der Waals surface area (Å²) in [6.07, 6.45) is 4.11. The number of halogens is 1. The van der Waals surface area contributed by atoms with Crippen LogP contribution in [0.3, 0.4) is 0 Å². The van der Waals surface area contributed by atoms with E-state index in [-0.39, 0.29) is 11.7 Å². The number of carbonyl (C=O) groups is 1. The Morgan fingerprint density at radius 3 is 2.55 bits per heavy atom. The van der Waals surface area contributed by atoms with Crippen molar-refractivity contribution in [2.45, 2.75) is 32.7 Å². The second-order valence-electron chi connectivity index (χ2n) is 7.61. The van der Waals surface area contributed by atoms with Gasteiger partial charge in [-0.1, -0.05) is 43.3 Å². The van der Waals surface area contributed by atoms with Gasteiger partial charge in [0.25, 0.3) is 0 Å². The van der Waals surface area contributed by atoms with Crippen LogP contribution in [0.2, 0.25) is 0 Å². The van der Waals surface area contributed by atoms with Gasteiger partial charge < -0.3 is 9.42 Å². The van der Waals surface area contributed by atoms with Crippen LogP contribution < -0.4 is 0 Å². The molecule has 0 radical (unpaired) electrons.